The maximum Gasteiger partial charge on any atom is 0.417 e. The normalized spacial score (nSPS) is 28.8. The van der Waals surface area contributed by atoms with Gasteiger partial charge in [0.1, 0.15) is 5.60 Å². The van der Waals surface area contributed by atoms with Crippen molar-refractivity contribution in [2.45, 2.75) is 70.9 Å². The molecule has 4 heteroatoms. The van der Waals surface area contributed by atoms with Crippen molar-refractivity contribution in [2.75, 3.05) is 0 Å². The van der Waals surface area contributed by atoms with Crippen LogP contribution < -0.4 is 0 Å². The summed E-state index contributed by atoms with van der Waals surface area (Å²) in [5.74, 6) is 0.0361. The predicted molar refractivity (Wildman–Crippen MR) is 68.1 cm³/mol. The highest BCUT2D eigenvalue weighted by Gasteiger charge is 2.51. The Hall–Kier alpha value is -1.06. The van der Waals surface area contributed by atoms with E-state index in [4.69, 9.17) is 4.74 Å². The van der Waals surface area contributed by atoms with Crippen LogP contribution in [0.25, 0.3) is 0 Å². The number of fused-ring (bicyclic) bond motifs is 1. The first-order valence-corrected chi connectivity index (χ1v) is 6.96. The van der Waals surface area contributed by atoms with Gasteiger partial charge in [0.05, 0.1) is 12.0 Å². The van der Waals surface area contributed by atoms with E-state index in [2.05, 4.69) is 0 Å². The minimum absolute atomic E-state index is 0.0313. The third-order valence-corrected chi connectivity index (χ3v) is 3.71. The molecule has 0 N–H and O–H groups in total. The molecule has 0 unspecified atom stereocenters. The lowest BCUT2D eigenvalue weighted by molar-refractivity contribution is -0.155. The van der Waals surface area contributed by atoms with Crippen molar-refractivity contribution in [1.82, 2.24) is 4.90 Å². The van der Waals surface area contributed by atoms with Gasteiger partial charge >= 0.3 is 6.09 Å². The van der Waals surface area contributed by atoms with Crippen LogP contribution in [0.1, 0.15) is 59.3 Å². The van der Waals surface area contributed by atoms with E-state index < -0.39 is 11.7 Å². The van der Waals surface area contributed by atoms with E-state index in [1.165, 1.54) is 17.7 Å². The number of imide groups is 1. The van der Waals surface area contributed by atoms with Crippen LogP contribution in [0.5, 0.6) is 0 Å². The summed E-state index contributed by atoms with van der Waals surface area (Å²) >= 11 is 0. The summed E-state index contributed by atoms with van der Waals surface area (Å²) in [6, 6.07) is 0.0904. The molecule has 0 radical (unpaired) electrons. The predicted octanol–water partition coefficient (Wildman–Crippen LogP) is 3.10. The molecule has 0 aromatic carbocycles. The van der Waals surface area contributed by atoms with Crippen LogP contribution in [-0.2, 0) is 9.53 Å². The lowest BCUT2D eigenvalue weighted by Gasteiger charge is -2.46. The zero-order chi connectivity index (χ0) is 13.3. The zero-order valence-electron chi connectivity index (χ0n) is 11.6. The summed E-state index contributed by atoms with van der Waals surface area (Å²) in [6.07, 6.45) is 6.04. The van der Waals surface area contributed by atoms with Gasteiger partial charge in [0.25, 0.3) is 0 Å². The van der Waals surface area contributed by atoms with Gasteiger partial charge in [0.2, 0.25) is 5.91 Å². The first-order valence-electron chi connectivity index (χ1n) is 6.96. The summed E-state index contributed by atoms with van der Waals surface area (Å²) in [5.41, 5.74) is -0.538. The molecule has 0 bridgehead atoms. The second-order valence-corrected chi connectivity index (χ2v) is 6.35. The van der Waals surface area contributed by atoms with Gasteiger partial charge in [0.15, 0.2) is 0 Å². The molecule has 102 valence electrons. The molecule has 2 rings (SSSR count). The van der Waals surface area contributed by atoms with Gasteiger partial charge in [-0.05, 0) is 33.6 Å². The zero-order valence-corrected chi connectivity index (χ0v) is 11.6. The molecule has 18 heavy (non-hydrogen) atoms. The lowest BCUT2D eigenvalue weighted by atomic mass is 9.78. The number of carbonyl (C=O) groups excluding carboxylic acids is 2. The van der Waals surface area contributed by atoms with Crippen molar-refractivity contribution in [3.05, 3.63) is 0 Å². The highest BCUT2D eigenvalue weighted by molar-refractivity contribution is 5.99. The van der Waals surface area contributed by atoms with Crippen molar-refractivity contribution in [3.63, 3.8) is 0 Å². The van der Waals surface area contributed by atoms with Crippen LogP contribution in [0, 0.1) is 5.92 Å². The number of hydrogen-bond donors (Lipinski definition) is 0. The van der Waals surface area contributed by atoms with Crippen molar-refractivity contribution < 1.29 is 14.3 Å². The summed E-state index contributed by atoms with van der Waals surface area (Å²) in [5, 5.41) is 0. The summed E-state index contributed by atoms with van der Waals surface area (Å²) < 4.78 is 5.30. The van der Waals surface area contributed by atoms with E-state index in [0.29, 0.717) is 0 Å². The Morgan fingerprint density at radius 1 is 1.17 bits per heavy atom. The number of likely N-dealkylation sites (tertiary alicyclic amines) is 1. The fraction of sp³-hybridized carbons (Fsp3) is 0.857. The van der Waals surface area contributed by atoms with Gasteiger partial charge in [-0.2, -0.15) is 0 Å². The first-order chi connectivity index (χ1) is 8.40. The van der Waals surface area contributed by atoms with Crippen molar-refractivity contribution in [1.29, 1.82) is 0 Å². The van der Waals surface area contributed by atoms with E-state index in [1.807, 2.05) is 20.8 Å². The number of rotatable bonds is 0. The quantitative estimate of drug-likeness (QED) is 0.623. The van der Waals surface area contributed by atoms with Gasteiger partial charge in [-0.3, -0.25) is 4.79 Å². The van der Waals surface area contributed by atoms with Crippen LogP contribution in [0.15, 0.2) is 0 Å². The fourth-order valence-electron chi connectivity index (χ4n) is 2.86. The van der Waals surface area contributed by atoms with Gasteiger partial charge in [-0.25, -0.2) is 9.69 Å². The summed E-state index contributed by atoms with van der Waals surface area (Å²) in [7, 11) is 0. The average molecular weight is 253 g/mol. The van der Waals surface area contributed by atoms with Crippen molar-refractivity contribution >= 4 is 12.0 Å². The summed E-state index contributed by atoms with van der Waals surface area (Å²) in [4.78, 5) is 25.3. The molecule has 1 aliphatic heterocycles. The molecule has 4 nitrogen and oxygen atoms in total. The van der Waals surface area contributed by atoms with Crippen LogP contribution in [0.3, 0.4) is 0 Å². The van der Waals surface area contributed by atoms with E-state index in [-0.39, 0.29) is 17.9 Å². The highest BCUT2D eigenvalue weighted by Crippen LogP contribution is 2.37. The van der Waals surface area contributed by atoms with Crippen molar-refractivity contribution in [2.24, 2.45) is 5.92 Å². The standard InChI is InChI=1S/C14H23NO3/c1-14(2,3)18-13(17)15-11-9-7-5-4-6-8-10(11)12(15)16/h10-11H,4-9H2,1-3H3/t10-,11+/m0/s1. The first kappa shape index (κ1) is 13.4. The van der Waals surface area contributed by atoms with Gasteiger partial charge in [0, 0.05) is 0 Å². The Bertz CT molecular complexity index is 345. The summed E-state index contributed by atoms with van der Waals surface area (Å²) in [6.45, 7) is 5.47. The van der Waals surface area contributed by atoms with Crippen LogP contribution in [0.4, 0.5) is 4.79 Å². The minimum atomic E-state index is -0.538. The molecular formula is C14H23NO3. The Morgan fingerprint density at radius 2 is 1.78 bits per heavy atom. The van der Waals surface area contributed by atoms with Gasteiger partial charge < -0.3 is 4.74 Å². The van der Waals surface area contributed by atoms with Crippen LogP contribution in [-0.4, -0.2) is 28.5 Å². The topological polar surface area (TPSA) is 46.6 Å². The van der Waals surface area contributed by atoms with Gasteiger partial charge in [-0.15, -0.1) is 0 Å². The molecule has 1 heterocycles. The number of carbonyl (C=O) groups is 2. The number of ether oxygens (including phenoxy) is 1. The fourth-order valence-corrected chi connectivity index (χ4v) is 2.86. The van der Waals surface area contributed by atoms with E-state index >= 15 is 0 Å². The largest absolute Gasteiger partial charge is 0.443 e. The Morgan fingerprint density at radius 3 is 2.39 bits per heavy atom. The molecule has 1 saturated heterocycles. The van der Waals surface area contributed by atoms with E-state index in [1.54, 1.807) is 0 Å². The van der Waals surface area contributed by atoms with Gasteiger partial charge in [-0.1, -0.05) is 25.7 Å². The smallest absolute Gasteiger partial charge is 0.417 e. The monoisotopic (exact) mass is 253 g/mol. The molecule has 1 aliphatic carbocycles. The number of amides is 2. The molecule has 2 amide bonds. The third-order valence-electron chi connectivity index (χ3n) is 3.71. The molecule has 2 fully saturated rings. The lowest BCUT2D eigenvalue weighted by Crippen LogP contribution is -2.63. The minimum Gasteiger partial charge on any atom is -0.443 e. The molecular weight excluding hydrogens is 230 g/mol. The average Bonchev–Trinajstić information content (AvgIpc) is 2.19. The Kier molecular flexibility index (Phi) is 3.64. The number of hydrogen-bond acceptors (Lipinski definition) is 3. The van der Waals surface area contributed by atoms with Crippen LogP contribution >= 0.6 is 0 Å². The van der Waals surface area contributed by atoms with E-state index in [0.717, 1.165) is 25.7 Å². The molecule has 0 aromatic heterocycles. The molecule has 1 saturated carbocycles. The van der Waals surface area contributed by atoms with Crippen molar-refractivity contribution in [3.8, 4) is 0 Å². The van der Waals surface area contributed by atoms with E-state index in [9.17, 15) is 9.59 Å². The highest BCUT2D eigenvalue weighted by atomic mass is 16.6. The second kappa shape index (κ2) is 4.90. The Labute approximate surface area is 109 Å². The maximum atomic E-state index is 12.0. The SMILES string of the molecule is CC(C)(C)OC(=O)N1C(=O)[C@H]2CCCCCC[C@H]21. The van der Waals surface area contributed by atoms with Crippen LogP contribution in [0.2, 0.25) is 0 Å². The number of nitrogens with zero attached hydrogens (tertiary/aromatic N) is 1. The second-order valence-electron chi connectivity index (χ2n) is 6.35. The Balaban J connectivity index is 2.01. The number of β-lactam (4-membered cyclic amide) rings is 1. The third kappa shape index (κ3) is 2.68. The molecule has 0 aromatic rings. The molecule has 2 atom stereocenters. The molecule has 2 aliphatic rings. The molecule has 0 spiro atoms. The maximum absolute atomic E-state index is 12.0.